The summed E-state index contributed by atoms with van der Waals surface area (Å²) >= 11 is 0. The fraction of sp³-hybridized carbons (Fsp3) is 0.467. The van der Waals surface area contributed by atoms with Gasteiger partial charge >= 0.3 is 5.97 Å². The maximum absolute atomic E-state index is 12.0. The van der Waals surface area contributed by atoms with Gasteiger partial charge in [-0.25, -0.2) is 0 Å². The quantitative estimate of drug-likeness (QED) is 0.766. The van der Waals surface area contributed by atoms with Crippen LogP contribution in [0.5, 0.6) is 0 Å². The van der Waals surface area contributed by atoms with Crippen molar-refractivity contribution in [3.63, 3.8) is 0 Å². The van der Waals surface area contributed by atoms with Gasteiger partial charge in [-0.1, -0.05) is 18.6 Å². The molecule has 1 fully saturated rings. The third kappa shape index (κ3) is 4.35. The largest absolute Gasteiger partial charge is 0.481 e. The second kappa shape index (κ2) is 7.05. The summed E-state index contributed by atoms with van der Waals surface area (Å²) in [5, 5.41) is 14.7. The maximum Gasteiger partial charge on any atom is 0.303 e. The number of piperidine rings is 1. The van der Waals surface area contributed by atoms with Crippen molar-refractivity contribution in [2.45, 2.75) is 38.1 Å². The first-order valence-corrected chi connectivity index (χ1v) is 7.00. The van der Waals surface area contributed by atoms with Crippen LogP contribution in [0.25, 0.3) is 0 Å². The van der Waals surface area contributed by atoms with E-state index in [-0.39, 0.29) is 18.4 Å². The lowest BCUT2D eigenvalue weighted by molar-refractivity contribution is -0.137. The highest BCUT2D eigenvalue weighted by Gasteiger charge is 2.20. The fourth-order valence-electron chi connectivity index (χ4n) is 2.31. The summed E-state index contributed by atoms with van der Waals surface area (Å²) in [5.41, 5.74) is 1.71. The zero-order chi connectivity index (χ0) is 14.4. The van der Waals surface area contributed by atoms with Crippen LogP contribution in [0.1, 0.15) is 31.2 Å². The van der Waals surface area contributed by atoms with Crippen molar-refractivity contribution < 1.29 is 14.7 Å². The zero-order valence-electron chi connectivity index (χ0n) is 11.4. The highest BCUT2D eigenvalue weighted by atomic mass is 16.4. The molecule has 1 atom stereocenters. The Kier molecular flexibility index (Phi) is 5.12. The number of carbonyl (C=O) groups excluding carboxylic acids is 1. The lowest BCUT2D eigenvalue weighted by Crippen LogP contribution is -2.43. The average molecular weight is 276 g/mol. The Labute approximate surface area is 118 Å². The number of aliphatic carboxylic acids is 1. The first-order chi connectivity index (χ1) is 9.65. The molecule has 3 N–H and O–H groups in total. The molecule has 1 aliphatic rings. The molecule has 1 heterocycles. The average Bonchev–Trinajstić information content (AvgIpc) is 2.47. The van der Waals surface area contributed by atoms with E-state index in [0.29, 0.717) is 6.42 Å². The molecule has 0 spiro atoms. The topological polar surface area (TPSA) is 78.4 Å². The van der Waals surface area contributed by atoms with E-state index in [9.17, 15) is 9.59 Å². The van der Waals surface area contributed by atoms with Crippen molar-refractivity contribution in [2.24, 2.45) is 0 Å². The van der Waals surface area contributed by atoms with Gasteiger partial charge in [0.05, 0.1) is 6.04 Å². The molecule has 1 aromatic rings. The molecular formula is C15H20N2O3. The zero-order valence-corrected chi connectivity index (χ0v) is 11.4. The Morgan fingerprint density at radius 2 is 2.00 bits per heavy atom. The summed E-state index contributed by atoms with van der Waals surface area (Å²) in [6.45, 7) is 0.895. The maximum atomic E-state index is 12.0. The van der Waals surface area contributed by atoms with Crippen LogP contribution in [0.3, 0.4) is 0 Å². The molecule has 0 bridgehead atoms. The van der Waals surface area contributed by atoms with Crippen LogP contribution in [0.15, 0.2) is 24.3 Å². The second-order valence-electron chi connectivity index (χ2n) is 5.08. The molecule has 108 valence electrons. The fourth-order valence-corrected chi connectivity index (χ4v) is 2.31. The number of hydrogen-bond donors (Lipinski definition) is 3. The molecule has 1 saturated heterocycles. The summed E-state index contributed by atoms with van der Waals surface area (Å²) < 4.78 is 0. The molecular weight excluding hydrogens is 256 g/mol. The molecule has 5 heteroatoms. The summed E-state index contributed by atoms with van der Waals surface area (Å²) in [4.78, 5) is 22.5. The smallest absolute Gasteiger partial charge is 0.303 e. The van der Waals surface area contributed by atoms with Gasteiger partial charge in [-0.05, 0) is 43.5 Å². The predicted octanol–water partition coefficient (Wildman–Crippen LogP) is 1.78. The van der Waals surface area contributed by atoms with E-state index >= 15 is 0 Å². The number of carboxylic acid groups (broad SMARTS) is 1. The Balaban J connectivity index is 1.86. The SMILES string of the molecule is O=C(O)CCc1ccc(NC(=O)C2CCCCN2)cc1. The van der Waals surface area contributed by atoms with Gasteiger partial charge in [0.1, 0.15) is 0 Å². The third-order valence-electron chi connectivity index (χ3n) is 3.48. The van der Waals surface area contributed by atoms with E-state index in [2.05, 4.69) is 10.6 Å². The summed E-state index contributed by atoms with van der Waals surface area (Å²) in [6.07, 6.45) is 3.72. The van der Waals surface area contributed by atoms with Gasteiger partial charge in [0, 0.05) is 12.1 Å². The Morgan fingerprint density at radius 3 is 2.60 bits per heavy atom. The van der Waals surface area contributed by atoms with Gasteiger partial charge in [0.25, 0.3) is 0 Å². The van der Waals surface area contributed by atoms with Crippen molar-refractivity contribution in [3.8, 4) is 0 Å². The van der Waals surface area contributed by atoms with Crippen LogP contribution in [0, 0.1) is 0 Å². The number of amides is 1. The number of aryl methyl sites for hydroxylation is 1. The number of anilines is 1. The lowest BCUT2D eigenvalue weighted by Gasteiger charge is -2.22. The van der Waals surface area contributed by atoms with Crippen LogP contribution in [-0.2, 0) is 16.0 Å². The number of benzene rings is 1. The highest BCUT2D eigenvalue weighted by molar-refractivity contribution is 5.94. The minimum Gasteiger partial charge on any atom is -0.481 e. The van der Waals surface area contributed by atoms with Gasteiger partial charge < -0.3 is 15.7 Å². The molecule has 0 saturated carbocycles. The Hall–Kier alpha value is -1.88. The second-order valence-corrected chi connectivity index (χ2v) is 5.08. The van der Waals surface area contributed by atoms with Crippen LogP contribution in [0.4, 0.5) is 5.69 Å². The monoisotopic (exact) mass is 276 g/mol. The van der Waals surface area contributed by atoms with Gasteiger partial charge in [-0.2, -0.15) is 0 Å². The third-order valence-corrected chi connectivity index (χ3v) is 3.48. The van der Waals surface area contributed by atoms with E-state index < -0.39 is 5.97 Å². The van der Waals surface area contributed by atoms with Crippen LogP contribution in [-0.4, -0.2) is 29.6 Å². The first kappa shape index (κ1) is 14.5. The number of rotatable bonds is 5. The van der Waals surface area contributed by atoms with Crippen molar-refractivity contribution in [2.75, 3.05) is 11.9 Å². The van der Waals surface area contributed by atoms with Crippen molar-refractivity contribution in [1.29, 1.82) is 0 Å². The molecule has 1 aromatic carbocycles. The molecule has 20 heavy (non-hydrogen) atoms. The predicted molar refractivity (Wildman–Crippen MR) is 76.7 cm³/mol. The molecule has 1 unspecified atom stereocenters. The van der Waals surface area contributed by atoms with Crippen molar-refractivity contribution in [3.05, 3.63) is 29.8 Å². The number of carbonyl (C=O) groups is 2. The summed E-state index contributed by atoms with van der Waals surface area (Å²) in [5.74, 6) is -0.797. The minimum atomic E-state index is -0.800. The number of hydrogen-bond acceptors (Lipinski definition) is 3. The normalized spacial score (nSPS) is 18.5. The molecule has 5 nitrogen and oxygen atoms in total. The first-order valence-electron chi connectivity index (χ1n) is 7.00. The van der Waals surface area contributed by atoms with Gasteiger partial charge in [0.15, 0.2) is 0 Å². The van der Waals surface area contributed by atoms with Gasteiger partial charge in [-0.3, -0.25) is 9.59 Å². The van der Waals surface area contributed by atoms with E-state index in [0.717, 1.165) is 37.1 Å². The van der Waals surface area contributed by atoms with E-state index in [1.807, 2.05) is 24.3 Å². The molecule has 1 aliphatic heterocycles. The summed E-state index contributed by atoms with van der Waals surface area (Å²) in [7, 11) is 0. The van der Waals surface area contributed by atoms with E-state index in [4.69, 9.17) is 5.11 Å². The summed E-state index contributed by atoms with van der Waals surface area (Å²) in [6, 6.07) is 7.24. The number of nitrogens with one attached hydrogen (secondary N) is 2. The minimum absolute atomic E-state index is 0.00276. The van der Waals surface area contributed by atoms with Crippen molar-refractivity contribution >= 4 is 17.6 Å². The molecule has 0 aromatic heterocycles. The lowest BCUT2D eigenvalue weighted by atomic mass is 10.0. The highest BCUT2D eigenvalue weighted by Crippen LogP contribution is 2.13. The molecule has 2 rings (SSSR count). The van der Waals surface area contributed by atoms with Gasteiger partial charge in [-0.15, -0.1) is 0 Å². The van der Waals surface area contributed by atoms with Crippen LogP contribution < -0.4 is 10.6 Å². The van der Waals surface area contributed by atoms with Gasteiger partial charge in [0.2, 0.25) is 5.91 Å². The number of carboxylic acids is 1. The molecule has 0 aliphatic carbocycles. The molecule has 0 radical (unpaired) electrons. The van der Waals surface area contributed by atoms with E-state index in [1.165, 1.54) is 0 Å². The standard InChI is InChI=1S/C15H20N2O3/c18-14(19)9-6-11-4-7-12(8-5-11)17-15(20)13-3-1-2-10-16-13/h4-5,7-8,13,16H,1-3,6,9-10H2,(H,17,20)(H,18,19). The Bertz CT molecular complexity index is 465. The van der Waals surface area contributed by atoms with Crippen molar-refractivity contribution in [1.82, 2.24) is 5.32 Å². The van der Waals surface area contributed by atoms with Crippen LogP contribution in [0.2, 0.25) is 0 Å². The Morgan fingerprint density at radius 1 is 1.25 bits per heavy atom. The van der Waals surface area contributed by atoms with E-state index in [1.54, 1.807) is 0 Å². The molecule has 1 amide bonds. The van der Waals surface area contributed by atoms with Crippen LogP contribution >= 0.6 is 0 Å².